The number of hydrogen-bond acceptors (Lipinski definition) is 8. The topological polar surface area (TPSA) is 120 Å². The lowest BCUT2D eigenvalue weighted by molar-refractivity contribution is -0.142. The molecule has 2 atom stereocenters. The van der Waals surface area contributed by atoms with E-state index in [4.69, 9.17) is 4.74 Å². The number of amides is 1. The molecule has 2 aromatic carbocycles. The normalized spacial score (nSPS) is 17.8. The lowest BCUT2D eigenvalue weighted by atomic mass is 9.95. The van der Waals surface area contributed by atoms with Crippen LogP contribution in [0.2, 0.25) is 0 Å². The predicted molar refractivity (Wildman–Crippen MR) is 163 cm³/mol. The van der Waals surface area contributed by atoms with E-state index in [-0.39, 0.29) is 30.5 Å². The van der Waals surface area contributed by atoms with Gasteiger partial charge in [-0.2, -0.15) is 4.39 Å². The number of carbonyl (C=O) groups excluding carboxylic acids is 1. The molecule has 0 aliphatic carbocycles. The number of piperidine rings is 1. The first-order valence-electron chi connectivity index (χ1n) is 14.9. The third-order valence-corrected chi connectivity index (χ3v) is 8.21. The highest BCUT2D eigenvalue weighted by molar-refractivity contribution is 5.85. The van der Waals surface area contributed by atoms with Gasteiger partial charge in [0.1, 0.15) is 18.1 Å². The molecule has 10 nitrogen and oxygen atoms in total. The Hall–Kier alpha value is -4.25. The van der Waals surface area contributed by atoms with Gasteiger partial charge in [0.15, 0.2) is 11.6 Å². The standard InChI is InChI=1S/C32H39FN6O4/c1-43-26-12-10-24(11-13-26)23-8-6-22(7-9-23)19-27(32(41)42)37-31(40)25-5-4-17-39(20-25)30-28(33)29(35-21-36-30)34-14-18-38-15-2-3-16-38/h6-13,21,25,27H,2-5,14-20H2,1H3,(H,37,40)(H,41,42)(H,34,35,36)/t25?,27-/m0/s1. The number of aromatic nitrogens is 2. The Morgan fingerprint density at radius 1 is 1.02 bits per heavy atom. The molecule has 0 bridgehead atoms. The molecule has 5 rings (SSSR count). The van der Waals surface area contributed by atoms with Crippen molar-refractivity contribution in [3.05, 3.63) is 66.2 Å². The average Bonchev–Trinajstić information content (AvgIpc) is 3.55. The van der Waals surface area contributed by atoms with Gasteiger partial charge in [0.2, 0.25) is 11.7 Å². The summed E-state index contributed by atoms with van der Waals surface area (Å²) in [4.78, 5) is 37.7. The molecule has 11 heteroatoms. The fourth-order valence-corrected chi connectivity index (χ4v) is 5.77. The van der Waals surface area contributed by atoms with Crippen molar-refractivity contribution >= 4 is 23.5 Å². The number of likely N-dealkylation sites (tertiary alicyclic amines) is 1. The zero-order valence-corrected chi connectivity index (χ0v) is 24.5. The maximum absolute atomic E-state index is 15.4. The lowest BCUT2D eigenvalue weighted by Crippen LogP contribution is -2.49. The minimum absolute atomic E-state index is 0.146. The van der Waals surface area contributed by atoms with Crippen LogP contribution < -0.4 is 20.3 Å². The Labute approximate surface area is 251 Å². The summed E-state index contributed by atoms with van der Waals surface area (Å²) >= 11 is 0. The molecule has 3 heterocycles. The molecule has 43 heavy (non-hydrogen) atoms. The van der Waals surface area contributed by atoms with E-state index in [1.165, 1.54) is 19.2 Å². The monoisotopic (exact) mass is 590 g/mol. The summed E-state index contributed by atoms with van der Waals surface area (Å²) in [7, 11) is 1.62. The molecule has 3 aromatic rings. The van der Waals surface area contributed by atoms with Crippen LogP contribution in [0.4, 0.5) is 16.0 Å². The smallest absolute Gasteiger partial charge is 0.326 e. The number of benzene rings is 2. The highest BCUT2D eigenvalue weighted by Gasteiger charge is 2.31. The summed E-state index contributed by atoms with van der Waals surface area (Å²) in [6.45, 7) is 4.33. The number of nitrogens with zero attached hydrogens (tertiary/aromatic N) is 4. The number of rotatable bonds is 12. The fourth-order valence-electron chi connectivity index (χ4n) is 5.77. The molecule has 2 fully saturated rings. The number of halogens is 1. The van der Waals surface area contributed by atoms with Gasteiger partial charge >= 0.3 is 5.97 Å². The van der Waals surface area contributed by atoms with Crippen LogP contribution in [-0.4, -0.2) is 84.3 Å². The van der Waals surface area contributed by atoms with Crippen LogP contribution in [0.3, 0.4) is 0 Å². The van der Waals surface area contributed by atoms with Crippen molar-refractivity contribution in [2.45, 2.75) is 38.1 Å². The zero-order chi connectivity index (χ0) is 30.2. The fraction of sp³-hybridized carbons (Fsp3) is 0.438. The van der Waals surface area contributed by atoms with Crippen LogP contribution >= 0.6 is 0 Å². The van der Waals surface area contributed by atoms with Gasteiger partial charge in [-0.05, 0) is 67.6 Å². The van der Waals surface area contributed by atoms with E-state index < -0.39 is 23.7 Å². The third kappa shape index (κ3) is 7.78. The van der Waals surface area contributed by atoms with Crippen LogP contribution in [0.1, 0.15) is 31.2 Å². The van der Waals surface area contributed by atoms with Gasteiger partial charge in [0.25, 0.3) is 0 Å². The van der Waals surface area contributed by atoms with Gasteiger partial charge in [-0.25, -0.2) is 14.8 Å². The summed E-state index contributed by atoms with van der Waals surface area (Å²) in [5, 5.41) is 15.7. The first-order valence-corrected chi connectivity index (χ1v) is 14.9. The SMILES string of the molecule is COc1ccc(-c2ccc(C[C@H](NC(=O)C3CCCN(c4ncnc(NCCN5CCCC5)c4F)C3)C(=O)O)cc2)cc1. The Bertz CT molecular complexity index is 1380. The highest BCUT2D eigenvalue weighted by atomic mass is 19.1. The molecule has 3 N–H and O–H groups in total. The molecule has 0 spiro atoms. The number of methoxy groups -OCH3 is 1. The predicted octanol–water partition coefficient (Wildman–Crippen LogP) is 3.83. The number of ether oxygens (including phenoxy) is 1. The Morgan fingerprint density at radius 3 is 2.40 bits per heavy atom. The molecule has 2 aliphatic heterocycles. The minimum atomic E-state index is -1.10. The van der Waals surface area contributed by atoms with Crippen LogP contribution in [0.15, 0.2) is 54.9 Å². The van der Waals surface area contributed by atoms with Crippen LogP contribution in [0.25, 0.3) is 11.1 Å². The number of aliphatic carboxylic acids is 1. The second kappa shape index (κ2) is 14.3. The second-order valence-electron chi connectivity index (χ2n) is 11.1. The Balaban J connectivity index is 1.18. The van der Waals surface area contributed by atoms with Crippen molar-refractivity contribution in [1.29, 1.82) is 0 Å². The number of anilines is 2. The highest BCUT2D eigenvalue weighted by Crippen LogP contribution is 2.27. The van der Waals surface area contributed by atoms with Gasteiger partial charge in [0, 0.05) is 32.6 Å². The molecule has 1 amide bonds. The third-order valence-electron chi connectivity index (χ3n) is 8.21. The van der Waals surface area contributed by atoms with E-state index in [0.29, 0.717) is 25.9 Å². The van der Waals surface area contributed by atoms with Gasteiger partial charge in [-0.1, -0.05) is 36.4 Å². The summed E-state index contributed by atoms with van der Waals surface area (Å²) in [5.74, 6) is -1.41. The first kappa shape index (κ1) is 30.2. The van der Waals surface area contributed by atoms with Gasteiger partial charge in [-0.15, -0.1) is 0 Å². The van der Waals surface area contributed by atoms with Crippen molar-refractivity contribution in [2.75, 3.05) is 56.6 Å². The molecular weight excluding hydrogens is 551 g/mol. The van der Waals surface area contributed by atoms with E-state index in [0.717, 1.165) is 42.1 Å². The maximum Gasteiger partial charge on any atom is 0.326 e. The molecule has 2 saturated heterocycles. The molecular formula is C32H39FN6O4. The first-order chi connectivity index (χ1) is 20.9. The maximum atomic E-state index is 15.4. The zero-order valence-electron chi connectivity index (χ0n) is 24.5. The van der Waals surface area contributed by atoms with Crippen LogP contribution in [-0.2, 0) is 16.0 Å². The van der Waals surface area contributed by atoms with Crippen LogP contribution in [0.5, 0.6) is 5.75 Å². The Morgan fingerprint density at radius 2 is 1.72 bits per heavy atom. The molecule has 2 aliphatic rings. The molecule has 0 saturated carbocycles. The van der Waals surface area contributed by atoms with E-state index in [1.807, 2.05) is 48.5 Å². The second-order valence-corrected chi connectivity index (χ2v) is 11.1. The number of hydrogen-bond donors (Lipinski definition) is 3. The minimum Gasteiger partial charge on any atom is -0.497 e. The molecule has 228 valence electrons. The van der Waals surface area contributed by atoms with Crippen molar-refractivity contribution in [2.24, 2.45) is 5.92 Å². The quantitative estimate of drug-likeness (QED) is 0.289. The summed E-state index contributed by atoms with van der Waals surface area (Å²) in [5.41, 5.74) is 2.80. The largest absolute Gasteiger partial charge is 0.497 e. The number of carboxylic acids is 1. The van der Waals surface area contributed by atoms with Crippen molar-refractivity contribution in [3.63, 3.8) is 0 Å². The van der Waals surface area contributed by atoms with Gasteiger partial charge < -0.3 is 30.3 Å². The average molecular weight is 591 g/mol. The van der Waals surface area contributed by atoms with E-state index in [1.54, 1.807) is 12.0 Å². The summed E-state index contributed by atoms with van der Waals surface area (Å²) in [6.07, 6.45) is 5.11. The van der Waals surface area contributed by atoms with Gasteiger partial charge in [0.05, 0.1) is 13.0 Å². The van der Waals surface area contributed by atoms with Crippen molar-refractivity contribution < 1.29 is 23.8 Å². The number of carboxylic acid groups (broad SMARTS) is 1. The van der Waals surface area contributed by atoms with Crippen molar-refractivity contribution in [1.82, 2.24) is 20.2 Å². The van der Waals surface area contributed by atoms with Gasteiger partial charge in [-0.3, -0.25) is 4.79 Å². The van der Waals surface area contributed by atoms with E-state index >= 15 is 4.39 Å². The van der Waals surface area contributed by atoms with Crippen LogP contribution in [0, 0.1) is 11.7 Å². The molecule has 0 radical (unpaired) electrons. The number of nitrogens with one attached hydrogen (secondary N) is 2. The summed E-state index contributed by atoms with van der Waals surface area (Å²) < 4.78 is 20.6. The van der Waals surface area contributed by atoms with E-state index in [9.17, 15) is 14.7 Å². The molecule has 1 aromatic heterocycles. The van der Waals surface area contributed by atoms with E-state index in [2.05, 4.69) is 25.5 Å². The summed E-state index contributed by atoms with van der Waals surface area (Å²) in [6, 6.07) is 14.2. The molecule has 1 unspecified atom stereocenters. The lowest BCUT2D eigenvalue weighted by Gasteiger charge is -2.33. The Kier molecular flexibility index (Phi) is 10.0. The number of carbonyl (C=O) groups is 2. The van der Waals surface area contributed by atoms with Crippen molar-refractivity contribution in [3.8, 4) is 16.9 Å².